The van der Waals surface area contributed by atoms with Gasteiger partial charge in [0.1, 0.15) is 18.1 Å². The molecule has 200 valence electrons. The average molecular weight is 521 g/mol. The van der Waals surface area contributed by atoms with Crippen LogP contribution in [0.4, 0.5) is 0 Å². The van der Waals surface area contributed by atoms with E-state index in [1.54, 1.807) is 0 Å². The van der Waals surface area contributed by atoms with Gasteiger partial charge in [-0.2, -0.15) is 0 Å². The number of nitrogens with two attached hydrogens (primary N) is 3. The molecule has 2 heterocycles. The Morgan fingerprint density at radius 3 is 1.70 bits per heavy atom. The van der Waals surface area contributed by atoms with Gasteiger partial charge in [-0.15, -0.1) is 0 Å². The van der Waals surface area contributed by atoms with Crippen LogP contribution in [0.25, 0.3) is 0 Å². The van der Waals surface area contributed by atoms with Crippen molar-refractivity contribution in [3.63, 3.8) is 0 Å². The smallest absolute Gasteiger partial charge is 0.326 e. The maximum absolute atomic E-state index is 13.1. The number of carboxylic acid groups (broad SMARTS) is 1. The van der Waals surface area contributed by atoms with E-state index < -0.39 is 72.5 Å². The fraction of sp³-hybridized carbons (Fsp3) is 0.400. The number of nitrogens with zero attached hydrogens (tertiary/aromatic N) is 2. The fourth-order valence-electron chi connectivity index (χ4n) is 3.19. The molecule has 17 heteroatoms. The standard InChI is InChI=1S/C20H28N10O7/c21-11(1-9-5-24-7-26-9)17(33)28-12(2-10-6-25-8-27-10)18(34)29-13(3-15(22)31)19(35)30-14(20(36)37)4-16(23)32/h5-8,11-14H,1-4,21H2,(H2,22,31)(H2,23,32)(H,24,26)(H,25,27)(H,28,33)(H,29,34)(H,30,35)(H,36,37). The number of hydrogen-bond acceptors (Lipinski definition) is 9. The van der Waals surface area contributed by atoms with Crippen LogP contribution in [0.5, 0.6) is 0 Å². The Hall–Kier alpha value is -4.80. The van der Waals surface area contributed by atoms with Crippen molar-refractivity contribution in [2.24, 2.45) is 17.2 Å². The molecular formula is C20H28N10O7. The van der Waals surface area contributed by atoms with E-state index in [0.29, 0.717) is 11.4 Å². The van der Waals surface area contributed by atoms with Crippen molar-refractivity contribution in [3.8, 4) is 0 Å². The maximum atomic E-state index is 13.1. The molecule has 2 rings (SSSR count). The van der Waals surface area contributed by atoms with Crippen molar-refractivity contribution in [1.82, 2.24) is 35.9 Å². The number of amides is 5. The molecule has 0 saturated heterocycles. The van der Waals surface area contributed by atoms with Crippen molar-refractivity contribution in [3.05, 3.63) is 36.4 Å². The highest BCUT2D eigenvalue weighted by molar-refractivity contribution is 5.96. The number of H-pyrrole nitrogens is 2. The van der Waals surface area contributed by atoms with Crippen LogP contribution in [-0.2, 0) is 41.6 Å². The fourth-order valence-corrected chi connectivity index (χ4v) is 3.19. The second-order valence-electron chi connectivity index (χ2n) is 8.03. The van der Waals surface area contributed by atoms with Gasteiger partial charge in [-0.1, -0.05) is 0 Å². The molecule has 37 heavy (non-hydrogen) atoms. The van der Waals surface area contributed by atoms with E-state index in [1.807, 2.05) is 5.32 Å². The second kappa shape index (κ2) is 13.3. The van der Waals surface area contributed by atoms with Gasteiger partial charge >= 0.3 is 5.97 Å². The number of carbonyl (C=O) groups excluding carboxylic acids is 5. The maximum Gasteiger partial charge on any atom is 0.326 e. The highest BCUT2D eigenvalue weighted by atomic mass is 16.4. The van der Waals surface area contributed by atoms with Gasteiger partial charge in [0.2, 0.25) is 29.5 Å². The third-order valence-corrected chi connectivity index (χ3v) is 5.00. The number of aromatic nitrogens is 4. The number of imidazole rings is 2. The van der Waals surface area contributed by atoms with Crippen LogP contribution in [0.3, 0.4) is 0 Å². The molecule has 17 nitrogen and oxygen atoms in total. The Morgan fingerprint density at radius 2 is 1.22 bits per heavy atom. The zero-order valence-electron chi connectivity index (χ0n) is 19.5. The van der Waals surface area contributed by atoms with Gasteiger partial charge in [-0.25, -0.2) is 14.8 Å². The molecule has 0 aromatic carbocycles. The number of aromatic amines is 2. The lowest BCUT2D eigenvalue weighted by Gasteiger charge is -2.24. The number of carboxylic acids is 1. The van der Waals surface area contributed by atoms with Crippen molar-refractivity contribution in [1.29, 1.82) is 0 Å². The molecule has 2 aromatic heterocycles. The van der Waals surface area contributed by atoms with Gasteiger partial charge in [0.05, 0.1) is 31.5 Å². The van der Waals surface area contributed by atoms with E-state index in [4.69, 9.17) is 17.2 Å². The molecule has 0 bridgehead atoms. The minimum absolute atomic E-state index is 0.0907. The summed E-state index contributed by atoms with van der Waals surface area (Å²) in [5, 5.41) is 16.0. The molecule has 0 radical (unpaired) electrons. The van der Waals surface area contributed by atoms with Crippen LogP contribution in [0, 0.1) is 0 Å². The predicted molar refractivity (Wildman–Crippen MR) is 124 cm³/mol. The Morgan fingerprint density at radius 1 is 0.757 bits per heavy atom. The van der Waals surface area contributed by atoms with Crippen LogP contribution in [0.15, 0.2) is 25.0 Å². The second-order valence-corrected chi connectivity index (χ2v) is 8.03. The summed E-state index contributed by atoms with van der Waals surface area (Å²) in [6, 6.07) is -5.69. The van der Waals surface area contributed by atoms with Gasteiger partial charge in [0.15, 0.2) is 0 Å². The van der Waals surface area contributed by atoms with E-state index in [1.165, 1.54) is 25.0 Å². The van der Waals surface area contributed by atoms with Gasteiger partial charge in [0.25, 0.3) is 0 Å². The SMILES string of the molecule is NC(=O)CC(NC(=O)C(CC(N)=O)NC(=O)C(Cc1cnc[nH]1)NC(=O)C(N)Cc1cnc[nH]1)C(=O)O. The first-order valence-electron chi connectivity index (χ1n) is 10.9. The van der Waals surface area contributed by atoms with Crippen molar-refractivity contribution in [2.75, 3.05) is 0 Å². The molecule has 4 unspecified atom stereocenters. The van der Waals surface area contributed by atoms with Gasteiger partial charge in [-0.05, 0) is 0 Å². The van der Waals surface area contributed by atoms with Crippen LogP contribution >= 0.6 is 0 Å². The Bertz CT molecular complexity index is 1100. The summed E-state index contributed by atoms with van der Waals surface area (Å²) in [5.74, 6) is -6.26. The molecule has 0 aliphatic rings. The van der Waals surface area contributed by atoms with E-state index in [-0.39, 0.29) is 12.8 Å². The van der Waals surface area contributed by atoms with Crippen LogP contribution in [-0.4, -0.2) is 84.7 Å². The lowest BCUT2D eigenvalue weighted by atomic mass is 10.1. The lowest BCUT2D eigenvalue weighted by Crippen LogP contribution is -2.58. The summed E-state index contributed by atoms with van der Waals surface area (Å²) < 4.78 is 0. The van der Waals surface area contributed by atoms with E-state index in [0.717, 1.165) is 0 Å². The molecule has 2 aromatic rings. The van der Waals surface area contributed by atoms with E-state index in [9.17, 15) is 33.9 Å². The van der Waals surface area contributed by atoms with Crippen molar-refractivity contribution >= 4 is 35.5 Å². The number of rotatable bonds is 15. The van der Waals surface area contributed by atoms with Gasteiger partial charge in [-0.3, -0.25) is 24.0 Å². The largest absolute Gasteiger partial charge is 0.480 e. The normalized spacial score (nSPS) is 14.0. The molecule has 0 aliphatic carbocycles. The van der Waals surface area contributed by atoms with Crippen molar-refractivity contribution in [2.45, 2.75) is 49.9 Å². The van der Waals surface area contributed by atoms with Crippen LogP contribution in [0.2, 0.25) is 0 Å². The topological polar surface area (TPSA) is 294 Å². The van der Waals surface area contributed by atoms with Gasteiger partial charge < -0.3 is 48.2 Å². The molecule has 0 fully saturated rings. The predicted octanol–water partition coefficient (Wildman–Crippen LogP) is -4.46. The lowest BCUT2D eigenvalue weighted by molar-refractivity contribution is -0.144. The molecule has 5 amide bonds. The summed E-state index contributed by atoms with van der Waals surface area (Å²) in [4.78, 5) is 85.7. The molecule has 0 spiro atoms. The Kier molecular flexibility index (Phi) is 10.2. The zero-order chi connectivity index (χ0) is 27.5. The Labute approximate surface area is 209 Å². The van der Waals surface area contributed by atoms with E-state index in [2.05, 4.69) is 30.6 Å². The van der Waals surface area contributed by atoms with E-state index >= 15 is 0 Å². The molecular weight excluding hydrogens is 492 g/mol. The number of hydrogen-bond donors (Lipinski definition) is 9. The number of aliphatic carboxylic acids is 1. The monoisotopic (exact) mass is 520 g/mol. The summed E-state index contributed by atoms with van der Waals surface area (Å²) in [7, 11) is 0. The molecule has 12 N–H and O–H groups in total. The summed E-state index contributed by atoms with van der Waals surface area (Å²) in [5.41, 5.74) is 17.2. The van der Waals surface area contributed by atoms with Crippen LogP contribution in [0.1, 0.15) is 24.2 Å². The first-order valence-corrected chi connectivity index (χ1v) is 10.9. The number of carbonyl (C=O) groups is 6. The summed E-state index contributed by atoms with van der Waals surface area (Å²) >= 11 is 0. The highest BCUT2D eigenvalue weighted by Crippen LogP contribution is 2.04. The zero-order valence-corrected chi connectivity index (χ0v) is 19.5. The average Bonchev–Trinajstić information content (AvgIpc) is 3.51. The molecule has 0 aliphatic heterocycles. The van der Waals surface area contributed by atoms with Crippen molar-refractivity contribution < 1.29 is 33.9 Å². The number of primary amides is 2. The summed E-state index contributed by atoms with van der Waals surface area (Å²) in [6.45, 7) is 0. The first kappa shape index (κ1) is 28.4. The molecule has 0 saturated carbocycles. The highest BCUT2D eigenvalue weighted by Gasteiger charge is 2.32. The quantitative estimate of drug-likeness (QED) is 0.108. The third-order valence-electron chi connectivity index (χ3n) is 5.00. The minimum Gasteiger partial charge on any atom is -0.480 e. The van der Waals surface area contributed by atoms with Crippen LogP contribution < -0.4 is 33.2 Å². The molecule has 4 atom stereocenters. The third kappa shape index (κ3) is 9.40. The Balaban J connectivity index is 2.17. The first-order chi connectivity index (χ1) is 17.5. The minimum atomic E-state index is -1.71. The number of nitrogens with one attached hydrogen (secondary N) is 5. The summed E-state index contributed by atoms with van der Waals surface area (Å²) in [6.07, 6.45) is 4.21. The van der Waals surface area contributed by atoms with Gasteiger partial charge in [0, 0.05) is 36.6 Å².